The van der Waals surface area contributed by atoms with Gasteiger partial charge < -0.3 is 11.5 Å². The Balaban J connectivity index is 3.36. The molecule has 0 spiro atoms. The topological polar surface area (TPSA) is 108 Å². The van der Waals surface area contributed by atoms with Gasteiger partial charge in [-0.1, -0.05) is 17.7 Å². The maximum Gasteiger partial charge on any atom is 0.313 e. The second kappa shape index (κ2) is 3.93. The molecule has 0 unspecified atom stereocenters. The summed E-state index contributed by atoms with van der Waals surface area (Å²) < 4.78 is 0. The predicted molar refractivity (Wildman–Crippen MR) is 53.6 cm³/mol. The zero-order valence-corrected chi connectivity index (χ0v) is 7.73. The van der Waals surface area contributed by atoms with Crippen molar-refractivity contribution >= 4 is 28.9 Å². The molecule has 14 heavy (non-hydrogen) atoms. The van der Waals surface area contributed by atoms with Crippen molar-refractivity contribution in [1.29, 1.82) is 0 Å². The Morgan fingerprint density at radius 3 is 2.64 bits per heavy atom. The quantitative estimate of drug-likeness (QED) is 0.333. The second-order valence-electron chi connectivity index (χ2n) is 2.40. The van der Waals surface area contributed by atoms with Crippen LogP contribution >= 0.6 is 11.6 Å². The smallest absolute Gasteiger partial charge is 0.313 e. The fourth-order valence-electron chi connectivity index (χ4n) is 0.914. The Kier molecular flexibility index (Phi) is 2.88. The van der Waals surface area contributed by atoms with E-state index in [2.05, 4.69) is 4.99 Å². The predicted octanol–water partition coefficient (Wildman–Crippen LogP) is 1.15. The number of rotatable bonds is 2. The number of nitrogens with zero attached hydrogens (tertiary/aromatic N) is 2. The van der Waals surface area contributed by atoms with Crippen molar-refractivity contribution in [2.75, 3.05) is 0 Å². The van der Waals surface area contributed by atoms with Gasteiger partial charge in [0.25, 0.3) is 0 Å². The summed E-state index contributed by atoms with van der Waals surface area (Å²) in [5.41, 5.74) is 9.95. The third kappa shape index (κ3) is 2.11. The number of nitro groups is 1. The van der Waals surface area contributed by atoms with Gasteiger partial charge in [0.05, 0.1) is 4.92 Å². The molecule has 0 aliphatic heterocycles. The van der Waals surface area contributed by atoms with Crippen molar-refractivity contribution in [1.82, 2.24) is 0 Å². The van der Waals surface area contributed by atoms with Gasteiger partial charge in [-0.2, -0.15) is 0 Å². The van der Waals surface area contributed by atoms with Crippen LogP contribution in [0.1, 0.15) is 0 Å². The van der Waals surface area contributed by atoms with Gasteiger partial charge in [0.2, 0.25) is 0 Å². The Bertz CT molecular complexity index is 401. The molecule has 0 heterocycles. The molecule has 0 saturated heterocycles. The highest BCUT2D eigenvalue weighted by atomic mass is 35.5. The molecule has 0 aliphatic carbocycles. The number of nitro benzene ring substituents is 1. The minimum Gasteiger partial charge on any atom is -0.370 e. The van der Waals surface area contributed by atoms with Crippen LogP contribution in [0.25, 0.3) is 0 Å². The van der Waals surface area contributed by atoms with E-state index >= 15 is 0 Å². The number of para-hydroxylation sites is 1. The fourth-order valence-corrected chi connectivity index (χ4v) is 1.15. The van der Waals surface area contributed by atoms with Gasteiger partial charge in [-0.15, -0.1) is 0 Å². The first-order valence-electron chi connectivity index (χ1n) is 3.55. The lowest BCUT2D eigenvalue weighted by atomic mass is 10.3. The zero-order chi connectivity index (χ0) is 10.7. The van der Waals surface area contributed by atoms with E-state index in [1.165, 1.54) is 18.2 Å². The monoisotopic (exact) mass is 214 g/mol. The summed E-state index contributed by atoms with van der Waals surface area (Å²) in [6, 6.07) is 4.33. The van der Waals surface area contributed by atoms with Gasteiger partial charge in [-0.3, -0.25) is 10.1 Å². The van der Waals surface area contributed by atoms with Crippen molar-refractivity contribution in [3.05, 3.63) is 33.3 Å². The lowest BCUT2D eigenvalue weighted by Crippen LogP contribution is -2.22. The molecule has 1 rings (SSSR count). The summed E-state index contributed by atoms with van der Waals surface area (Å²) in [6.07, 6.45) is 0. The SMILES string of the molecule is NC(N)=Nc1cccc(Cl)c1[N+](=O)[O-]. The molecule has 0 atom stereocenters. The molecule has 0 saturated carbocycles. The van der Waals surface area contributed by atoms with E-state index in [0.29, 0.717) is 0 Å². The molecule has 0 radical (unpaired) electrons. The van der Waals surface area contributed by atoms with E-state index in [9.17, 15) is 10.1 Å². The minimum atomic E-state index is -0.635. The van der Waals surface area contributed by atoms with Crippen molar-refractivity contribution in [2.45, 2.75) is 0 Å². The third-order valence-corrected chi connectivity index (χ3v) is 1.70. The van der Waals surface area contributed by atoms with E-state index in [0.717, 1.165) is 0 Å². The maximum absolute atomic E-state index is 10.6. The Labute approximate surface area is 84.3 Å². The van der Waals surface area contributed by atoms with Gasteiger partial charge >= 0.3 is 5.69 Å². The van der Waals surface area contributed by atoms with Crippen molar-refractivity contribution in [2.24, 2.45) is 16.5 Å². The first kappa shape index (κ1) is 10.3. The van der Waals surface area contributed by atoms with E-state index in [1.54, 1.807) is 0 Å². The summed E-state index contributed by atoms with van der Waals surface area (Å²) in [5.74, 6) is -0.254. The highest BCUT2D eigenvalue weighted by Crippen LogP contribution is 2.33. The first-order valence-corrected chi connectivity index (χ1v) is 3.92. The molecule has 0 aliphatic rings. The number of guanidine groups is 1. The van der Waals surface area contributed by atoms with Crippen LogP contribution in [0.15, 0.2) is 23.2 Å². The van der Waals surface area contributed by atoms with Crippen LogP contribution in [0.4, 0.5) is 11.4 Å². The van der Waals surface area contributed by atoms with Crippen LogP contribution in [0, 0.1) is 10.1 Å². The molecular formula is C7H7ClN4O2. The molecule has 0 bridgehead atoms. The molecule has 0 fully saturated rings. The number of hydrogen-bond acceptors (Lipinski definition) is 3. The molecule has 1 aromatic carbocycles. The Morgan fingerprint density at radius 1 is 1.50 bits per heavy atom. The molecule has 74 valence electrons. The lowest BCUT2D eigenvalue weighted by Gasteiger charge is -1.99. The van der Waals surface area contributed by atoms with Crippen LogP contribution in [0.3, 0.4) is 0 Å². The normalized spacial score (nSPS) is 9.50. The molecule has 6 nitrogen and oxygen atoms in total. The van der Waals surface area contributed by atoms with Gasteiger partial charge in [0, 0.05) is 0 Å². The highest BCUT2D eigenvalue weighted by molar-refractivity contribution is 6.33. The van der Waals surface area contributed by atoms with E-state index in [1.807, 2.05) is 0 Å². The van der Waals surface area contributed by atoms with Crippen LogP contribution in [0.5, 0.6) is 0 Å². The molecule has 7 heteroatoms. The van der Waals surface area contributed by atoms with E-state index in [-0.39, 0.29) is 22.4 Å². The summed E-state index contributed by atoms with van der Waals surface area (Å²) in [5, 5.41) is 10.6. The Hall–Kier alpha value is -1.82. The summed E-state index contributed by atoms with van der Waals surface area (Å²) >= 11 is 5.62. The summed E-state index contributed by atoms with van der Waals surface area (Å²) in [7, 11) is 0. The average molecular weight is 215 g/mol. The van der Waals surface area contributed by atoms with E-state index in [4.69, 9.17) is 23.1 Å². The molecule has 0 amide bonds. The average Bonchev–Trinajstić information content (AvgIpc) is 2.01. The summed E-state index contributed by atoms with van der Waals surface area (Å²) in [6.45, 7) is 0. The molecule has 0 aromatic heterocycles. The largest absolute Gasteiger partial charge is 0.370 e. The van der Waals surface area contributed by atoms with Gasteiger partial charge in [-0.05, 0) is 12.1 Å². The summed E-state index contributed by atoms with van der Waals surface area (Å²) in [4.78, 5) is 13.5. The van der Waals surface area contributed by atoms with Crippen LogP contribution < -0.4 is 11.5 Å². The number of halogens is 1. The van der Waals surface area contributed by atoms with Gasteiger partial charge in [0.1, 0.15) is 10.7 Å². The van der Waals surface area contributed by atoms with Crippen molar-refractivity contribution in [3.63, 3.8) is 0 Å². The van der Waals surface area contributed by atoms with E-state index < -0.39 is 4.92 Å². The number of benzene rings is 1. The second-order valence-corrected chi connectivity index (χ2v) is 2.81. The van der Waals surface area contributed by atoms with Gasteiger partial charge in [0.15, 0.2) is 5.96 Å². The van der Waals surface area contributed by atoms with Crippen LogP contribution in [0.2, 0.25) is 5.02 Å². The molecular weight excluding hydrogens is 208 g/mol. The lowest BCUT2D eigenvalue weighted by molar-refractivity contribution is -0.383. The standard InChI is InChI=1S/C7H7ClN4O2/c8-4-2-1-3-5(11-7(9)10)6(4)12(13)14/h1-3H,(H4,9,10,11). The zero-order valence-electron chi connectivity index (χ0n) is 6.98. The van der Waals surface area contributed by atoms with Crippen LogP contribution in [-0.4, -0.2) is 10.9 Å². The minimum absolute atomic E-state index is 0.00231. The number of aliphatic imine (C=N–C) groups is 1. The van der Waals surface area contributed by atoms with Crippen molar-refractivity contribution < 1.29 is 4.92 Å². The number of nitrogens with two attached hydrogens (primary N) is 2. The van der Waals surface area contributed by atoms with Gasteiger partial charge in [-0.25, -0.2) is 4.99 Å². The molecule has 4 N–H and O–H groups in total. The van der Waals surface area contributed by atoms with Crippen molar-refractivity contribution in [3.8, 4) is 0 Å². The third-order valence-electron chi connectivity index (χ3n) is 1.40. The fraction of sp³-hybridized carbons (Fsp3) is 0. The Morgan fingerprint density at radius 2 is 2.14 bits per heavy atom. The number of hydrogen-bond donors (Lipinski definition) is 2. The van der Waals surface area contributed by atoms with Crippen LogP contribution in [-0.2, 0) is 0 Å². The first-order chi connectivity index (χ1) is 6.52. The molecule has 1 aromatic rings. The highest BCUT2D eigenvalue weighted by Gasteiger charge is 2.17. The maximum atomic E-state index is 10.6.